The van der Waals surface area contributed by atoms with Gasteiger partial charge in [-0.1, -0.05) is 26.2 Å². The van der Waals surface area contributed by atoms with Crippen molar-refractivity contribution < 1.29 is 4.74 Å². The molecule has 0 amide bonds. The van der Waals surface area contributed by atoms with Gasteiger partial charge in [-0.2, -0.15) is 0 Å². The van der Waals surface area contributed by atoms with Crippen LogP contribution in [0.5, 0.6) is 0 Å². The van der Waals surface area contributed by atoms with Crippen LogP contribution in [0.3, 0.4) is 0 Å². The molecule has 2 rings (SSSR count). The zero-order valence-corrected chi connectivity index (χ0v) is 12.9. The van der Waals surface area contributed by atoms with E-state index >= 15 is 0 Å². The predicted molar refractivity (Wildman–Crippen MR) is 80.6 cm³/mol. The maximum Gasteiger partial charge on any atom is 0.0593 e. The number of hydrogen-bond donors (Lipinski definition) is 1. The Balaban J connectivity index is 1.87. The van der Waals surface area contributed by atoms with Crippen molar-refractivity contribution in [3.05, 3.63) is 0 Å². The Labute approximate surface area is 119 Å². The molecule has 1 spiro atoms. The maximum absolute atomic E-state index is 5.69. The van der Waals surface area contributed by atoms with E-state index in [0.29, 0.717) is 11.6 Å². The van der Waals surface area contributed by atoms with Crippen molar-refractivity contribution in [3.8, 4) is 0 Å². The van der Waals surface area contributed by atoms with Crippen LogP contribution in [0.4, 0.5) is 0 Å². The largest absolute Gasteiger partial charge is 0.380 e. The average molecular weight is 268 g/mol. The van der Waals surface area contributed by atoms with Crippen LogP contribution in [0.1, 0.15) is 58.8 Å². The highest BCUT2D eigenvalue weighted by atomic mass is 16.5. The number of rotatable bonds is 5. The Morgan fingerprint density at radius 2 is 2.00 bits per heavy atom. The van der Waals surface area contributed by atoms with E-state index in [0.717, 1.165) is 26.2 Å². The summed E-state index contributed by atoms with van der Waals surface area (Å²) in [5.74, 6) is 0. The van der Waals surface area contributed by atoms with E-state index in [2.05, 4.69) is 24.1 Å². The lowest BCUT2D eigenvalue weighted by Gasteiger charge is -2.41. The first-order chi connectivity index (χ1) is 9.26. The van der Waals surface area contributed by atoms with Crippen LogP contribution < -0.4 is 5.32 Å². The van der Waals surface area contributed by atoms with Gasteiger partial charge in [0.25, 0.3) is 0 Å². The quantitative estimate of drug-likeness (QED) is 0.776. The van der Waals surface area contributed by atoms with Crippen molar-refractivity contribution in [2.75, 3.05) is 32.8 Å². The summed E-state index contributed by atoms with van der Waals surface area (Å²) in [6.07, 6.45) is 9.37. The standard InChI is InChI=1S/C16H32N2O/c1-3-12-19-13-11-18-14-16(8-5-4-6-9-16)17-10-7-15(18)2/h15,17H,3-14H2,1-2H3. The second kappa shape index (κ2) is 7.61. The molecule has 3 heteroatoms. The van der Waals surface area contributed by atoms with Crippen LogP contribution in [0.25, 0.3) is 0 Å². The monoisotopic (exact) mass is 268 g/mol. The molecule has 112 valence electrons. The van der Waals surface area contributed by atoms with Gasteiger partial charge >= 0.3 is 0 Å². The summed E-state index contributed by atoms with van der Waals surface area (Å²) in [4.78, 5) is 2.67. The van der Waals surface area contributed by atoms with E-state index < -0.39 is 0 Å². The molecule has 0 aromatic carbocycles. The second-order valence-electron chi connectivity index (χ2n) is 6.49. The number of nitrogens with zero attached hydrogens (tertiary/aromatic N) is 1. The lowest BCUT2D eigenvalue weighted by Crippen LogP contribution is -2.53. The van der Waals surface area contributed by atoms with E-state index in [4.69, 9.17) is 4.74 Å². The first-order valence-electron chi connectivity index (χ1n) is 8.32. The van der Waals surface area contributed by atoms with E-state index in [-0.39, 0.29) is 0 Å². The van der Waals surface area contributed by atoms with Gasteiger partial charge in [-0.3, -0.25) is 4.90 Å². The zero-order valence-electron chi connectivity index (χ0n) is 12.9. The molecular formula is C16H32N2O. The molecule has 1 aliphatic heterocycles. The van der Waals surface area contributed by atoms with Crippen LogP contribution in [-0.4, -0.2) is 49.3 Å². The minimum Gasteiger partial charge on any atom is -0.380 e. The molecule has 1 aliphatic carbocycles. The summed E-state index contributed by atoms with van der Waals surface area (Å²) in [5, 5.41) is 3.88. The molecule has 1 unspecified atom stereocenters. The highest BCUT2D eigenvalue weighted by Gasteiger charge is 2.36. The van der Waals surface area contributed by atoms with Crippen molar-refractivity contribution >= 4 is 0 Å². The van der Waals surface area contributed by atoms with Crippen molar-refractivity contribution in [3.63, 3.8) is 0 Å². The molecule has 0 aromatic heterocycles. The van der Waals surface area contributed by atoms with Crippen molar-refractivity contribution in [2.45, 2.75) is 70.4 Å². The van der Waals surface area contributed by atoms with Gasteiger partial charge in [0.1, 0.15) is 0 Å². The molecule has 0 bridgehead atoms. The third-order valence-electron chi connectivity index (χ3n) is 4.87. The van der Waals surface area contributed by atoms with Crippen LogP contribution in [0.15, 0.2) is 0 Å². The fourth-order valence-electron chi connectivity index (χ4n) is 3.62. The highest BCUT2D eigenvalue weighted by molar-refractivity contribution is 4.96. The lowest BCUT2D eigenvalue weighted by molar-refractivity contribution is 0.0738. The van der Waals surface area contributed by atoms with Gasteiger partial charge in [0, 0.05) is 31.3 Å². The third kappa shape index (κ3) is 4.44. The van der Waals surface area contributed by atoms with Gasteiger partial charge in [0.05, 0.1) is 6.61 Å². The van der Waals surface area contributed by atoms with Crippen molar-refractivity contribution in [1.82, 2.24) is 10.2 Å². The SMILES string of the molecule is CCCOCCN1CC2(CCCCC2)NCCC1C. The molecule has 2 aliphatic rings. The van der Waals surface area contributed by atoms with Crippen LogP contribution in [-0.2, 0) is 4.74 Å². The summed E-state index contributed by atoms with van der Waals surface area (Å²) in [7, 11) is 0. The Hall–Kier alpha value is -0.120. The first kappa shape index (κ1) is 15.3. The number of ether oxygens (including phenoxy) is 1. The van der Waals surface area contributed by atoms with Crippen LogP contribution >= 0.6 is 0 Å². The fraction of sp³-hybridized carbons (Fsp3) is 1.00. The van der Waals surface area contributed by atoms with E-state index in [9.17, 15) is 0 Å². The smallest absolute Gasteiger partial charge is 0.0593 e. The van der Waals surface area contributed by atoms with Crippen LogP contribution in [0.2, 0.25) is 0 Å². The normalized spacial score (nSPS) is 28.4. The Bertz CT molecular complexity index is 251. The van der Waals surface area contributed by atoms with E-state index in [1.165, 1.54) is 51.6 Å². The van der Waals surface area contributed by atoms with Gasteiger partial charge in [-0.25, -0.2) is 0 Å². The minimum absolute atomic E-state index is 0.410. The molecule has 0 aromatic rings. The van der Waals surface area contributed by atoms with Gasteiger partial charge in [0.15, 0.2) is 0 Å². The van der Waals surface area contributed by atoms with Gasteiger partial charge in [-0.15, -0.1) is 0 Å². The molecule has 1 atom stereocenters. The third-order valence-corrected chi connectivity index (χ3v) is 4.87. The summed E-state index contributed by atoms with van der Waals surface area (Å²) in [6.45, 7) is 9.88. The lowest BCUT2D eigenvalue weighted by atomic mass is 9.81. The van der Waals surface area contributed by atoms with E-state index in [1.54, 1.807) is 0 Å². The molecule has 1 saturated heterocycles. The Morgan fingerprint density at radius 1 is 1.21 bits per heavy atom. The molecule has 1 saturated carbocycles. The maximum atomic E-state index is 5.69. The molecule has 0 radical (unpaired) electrons. The molecule has 3 nitrogen and oxygen atoms in total. The molecule has 1 heterocycles. The summed E-state index contributed by atoms with van der Waals surface area (Å²) in [6, 6.07) is 0.694. The average Bonchev–Trinajstić information content (AvgIpc) is 2.56. The second-order valence-corrected chi connectivity index (χ2v) is 6.49. The van der Waals surface area contributed by atoms with Crippen molar-refractivity contribution in [1.29, 1.82) is 0 Å². The Kier molecular flexibility index (Phi) is 6.11. The number of nitrogens with one attached hydrogen (secondary N) is 1. The predicted octanol–water partition coefficient (Wildman–Crippen LogP) is 2.80. The van der Waals surface area contributed by atoms with E-state index in [1.807, 2.05) is 0 Å². The summed E-state index contributed by atoms with van der Waals surface area (Å²) in [5.41, 5.74) is 0.410. The van der Waals surface area contributed by atoms with Crippen LogP contribution in [0, 0.1) is 0 Å². The Morgan fingerprint density at radius 3 is 2.74 bits per heavy atom. The topological polar surface area (TPSA) is 24.5 Å². The van der Waals surface area contributed by atoms with Gasteiger partial charge in [0.2, 0.25) is 0 Å². The summed E-state index contributed by atoms with van der Waals surface area (Å²) < 4.78 is 5.69. The molecule has 19 heavy (non-hydrogen) atoms. The summed E-state index contributed by atoms with van der Waals surface area (Å²) >= 11 is 0. The minimum atomic E-state index is 0.410. The molecule has 2 fully saturated rings. The molecule has 1 N–H and O–H groups in total. The first-order valence-corrected chi connectivity index (χ1v) is 8.32. The fourth-order valence-corrected chi connectivity index (χ4v) is 3.62. The van der Waals surface area contributed by atoms with Gasteiger partial charge in [-0.05, 0) is 39.2 Å². The zero-order chi connectivity index (χ0) is 13.6. The highest BCUT2D eigenvalue weighted by Crippen LogP contribution is 2.31. The van der Waals surface area contributed by atoms with Gasteiger partial charge < -0.3 is 10.1 Å². The van der Waals surface area contributed by atoms with Crippen molar-refractivity contribution in [2.24, 2.45) is 0 Å². The number of hydrogen-bond acceptors (Lipinski definition) is 3. The molecular weight excluding hydrogens is 236 g/mol.